The predicted molar refractivity (Wildman–Crippen MR) is 103 cm³/mol. The van der Waals surface area contributed by atoms with Crippen molar-refractivity contribution >= 4 is 23.2 Å². The van der Waals surface area contributed by atoms with Crippen molar-refractivity contribution in [2.24, 2.45) is 0 Å². The normalized spacial score (nSPS) is 9.93. The topological polar surface area (TPSA) is 66.0 Å². The van der Waals surface area contributed by atoms with Crippen LogP contribution >= 0.6 is 23.2 Å². The third kappa shape index (κ3) is 4.92. The first-order valence-electron chi connectivity index (χ1n) is 7.87. The molecule has 6 heteroatoms. The van der Waals surface area contributed by atoms with Crippen LogP contribution in [0.15, 0.2) is 60.7 Å². The summed E-state index contributed by atoms with van der Waals surface area (Å²) in [6, 6.07) is 21.1. The van der Waals surface area contributed by atoms with Crippen LogP contribution in [-0.4, -0.2) is 0 Å². The summed E-state index contributed by atoms with van der Waals surface area (Å²) in [6.07, 6.45) is 0. The maximum atomic E-state index is 9.04. The number of nitriles is 2. The fraction of sp³-hybridized carbons (Fsp3) is 0.0476. The Morgan fingerprint density at radius 3 is 2.41 bits per heavy atom. The molecule has 0 aliphatic rings. The van der Waals surface area contributed by atoms with E-state index in [4.69, 9.17) is 43.2 Å². The van der Waals surface area contributed by atoms with Gasteiger partial charge in [-0.2, -0.15) is 10.5 Å². The molecule has 0 aliphatic carbocycles. The zero-order valence-electron chi connectivity index (χ0n) is 13.9. The first-order chi connectivity index (χ1) is 13.1. The third-order valence-corrected chi connectivity index (χ3v) is 4.12. The first kappa shape index (κ1) is 18.6. The van der Waals surface area contributed by atoms with Crippen molar-refractivity contribution in [3.05, 3.63) is 87.4 Å². The summed E-state index contributed by atoms with van der Waals surface area (Å²) in [4.78, 5) is 0. The van der Waals surface area contributed by atoms with E-state index >= 15 is 0 Å². The lowest BCUT2D eigenvalue weighted by molar-refractivity contribution is 0.304. The zero-order chi connectivity index (χ0) is 19.2. The highest BCUT2D eigenvalue weighted by atomic mass is 35.5. The minimum atomic E-state index is 0.298. The molecule has 0 heterocycles. The third-order valence-electron chi connectivity index (χ3n) is 3.59. The Morgan fingerprint density at radius 2 is 1.63 bits per heavy atom. The maximum absolute atomic E-state index is 9.04. The van der Waals surface area contributed by atoms with Crippen molar-refractivity contribution in [1.82, 2.24) is 0 Å². The second kappa shape index (κ2) is 8.47. The summed E-state index contributed by atoms with van der Waals surface area (Å²) in [5.74, 6) is 1.34. The second-order valence-corrected chi connectivity index (χ2v) is 6.43. The van der Waals surface area contributed by atoms with Crippen LogP contribution in [0.1, 0.15) is 16.7 Å². The van der Waals surface area contributed by atoms with Gasteiger partial charge in [-0.1, -0.05) is 35.3 Å². The van der Waals surface area contributed by atoms with Gasteiger partial charge in [-0.05, 0) is 48.0 Å². The van der Waals surface area contributed by atoms with E-state index in [2.05, 4.69) is 6.07 Å². The van der Waals surface area contributed by atoms with Crippen molar-refractivity contribution < 1.29 is 9.47 Å². The Balaban J connectivity index is 1.77. The molecule has 0 spiro atoms. The van der Waals surface area contributed by atoms with Crippen LogP contribution in [0.3, 0.4) is 0 Å². The molecule has 0 N–H and O–H groups in total. The van der Waals surface area contributed by atoms with Gasteiger partial charge in [0.05, 0.1) is 28.3 Å². The summed E-state index contributed by atoms with van der Waals surface area (Å²) in [6.45, 7) is 0.298. The van der Waals surface area contributed by atoms with E-state index in [0.717, 1.165) is 5.56 Å². The molecular formula is C21H12Cl2N2O2. The number of halogens is 2. The summed E-state index contributed by atoms with van der Waals surface area (Å²) in [5, 5.41) is 18.8. The molecule has 0 atom stereocenters. The lowest BCUT2D eigenvalue weighted by Gasteiger charge is -2.11. The van der Waals surface area contributed by atoms with Gasteiger partial charge < -0.3 is 9.47 Å². The van der Waals surface area contributed by atoms with Crippen LogP contribution in [0.5, 0.6) is 17.2 Å². The van der Waals surface area contributed by atoms with Crippen LogP contribution in [-0.2, 0) is 6.61 Å². The van der Waals surface area contributed by atoms with Gasteiger partial charge >= 0.3 is 0 Å². The molecular weight excluding hydrogens is 383 g/mol. The van der Waals surface area contributed by atoms with Crippen molar-refractivity contribution in [3.63, 3.8) is 0 Å². The highest BCUT2D eigenvalue weighted by molar-refractivity contribution is 6.32. The van der Waals surface area contributed by atoms with Gasteiger partial charge in [0.15, 0.2) is 0 Å². The highest BCUT2D eigenvalue weighted by Crippen LogP contribution is 2.34. The molecule has 4 nitrogen and oxygen atoms in total. The van der Waals surface area contributed by atoms with Gasteiger partial charge in [-0.15, -0.1) is 0 Å². The summed E-state index contributed by atoms with van der Waals surface area (Å²) >= 11 is 12.2. The van der Waals surface area contributed by atoms with Crippen LogP contribution in [0.2, 0.25) is 10.0 Å². The van der Waals surface area contributed by atoms with E-state index in [9.17, 15) is 0 Å². The number of rotatable bonds is 5. The highest BCUT2D eigenvalue weighted by Gasteiger charge is 2.08. The minimum absolute atomic E-state index is 0.298. The lowest BCUT2D eigenvalue weighted by Crippen LogP contribution is -1.96. The monoisotopic (exact) mass is 394 g/mol. The quantitative estimate of drug-likeness (QED) is 0.523. The van der Waals surface area contributed by atoms with E-state index in [-0.39, 0.29) is 0 Å². The average Bonchev–Trinajstić information content (AvgIpc) is 2.68. The maximum Gasteiger partial charge on any atom is 0.149 e. The van der Waals surface area contributed by atoms with Crippen LogP contribution < -0.4 is 9.47 Å². The molecule has 3 aromatic rings. The van der Waals surface area contributed by atoms with Crippen molar-refractivity contribution in [2.75, 3.05) is 0 Å². The molecule has 3 rings (SSSR count). The van der Waals surface area contributed by atoms with Crippen molar-refractivity contribution in [3.8, 4) is 29.4 Å². The molecule has 0 aromatic heterocycles. The molecule has 0 aliphatic heterocycles. The van der Waals surface area contributed by atoms with E-state index in [1.165, 1.54) is 0 Å². The Bertz CT molecular complexity index is 1070. The van der Waals surface area contributed by atoms with Crippen LogP contribution in [0, 0.1) is 22.7 Å². The average molecular weight is 395 g/mol. The van der Waals surface area contributed by atoms with Gasteiger partial charge in [0.2, 0.25) is 0 Å². The van der Waals surface area contributed by atoms with Crippen LogP contribution in [0.4, 0.5) is 0 Å². The Kier molecular flexibility index (Phi) is 5.84. The molecule has 0 radical (unpaired) electrons. The molecule has 0 unspecified atom stereocenters. The largest absolute Gasteiger partial charge is 0.489 e. The molecule has 0 bridgehead atoms. The standard InChI is InChI=1S/C21H12Cl2N2O2/c22-17-7-16(12-25)8-19(9-17)27-21-10-18(4-5-20(21)23)26-13-15-3-1-2-14(6-15)11-24/h1-10H,13H2. The number of hydrogen-bond donors (Lipinski definition) is 0. The van der Waals surface area contributed by atoms with Gasteiger partial charge in [-0.3, -0.25) is 0 Å². The van der Waals surface area contributed by atoms with E-state index < -0.39 is 0 Å². The molecule has 27 heavy (non-hydrogen) atoms. The number of hydrogen-bond acceptors (Lipinski definition) is 4. The number of nitrogens with zero attached hydrogens (tertiary/aromatic N) is 2. The second-order valence-electron chi connectivity index (χ2n) is 5.58. The number of benzene rings is 3. The zero-order valence-corrected chi connectivity index (χ0v) is 15.5. The minimum Gasteiger partial charge on any atom is -0.489 e. The molecule has 0 amide bonds. The van der Waals surface area contributed by atoms with Gasteiger partial charge in [-0.25, -0.2) is 0 Å². The van der Waals surface area contributed by atoms with E-state index in [1.54, 1.807) is 54.6 Å². The Morgan fingerprint density at radius 1 is 0.815 bits per heavy atom. The van der Waals surface area contributed by atoms with Crippen molar-refractivity contribution in [1.29, 1.82) is 10.5 Å². The smallest absolute Gasteiger partial charge is 0.149 e. The molecule has 0 saturated carbocycles. The van der Waals surface area contributed by atoms with Crippen LogP contribution in [0.25, 0.3) is 0 Å². The van der Waals surface area contributed by atoms with E-state index in [0.29, 0.717) is 45.0 Å². The fourth-order valence-electron chi connectivity index (χ4n) is 2.36. The molecule has 3 aromatic carbocycles. The van der Waals surface area contributed by atoms with Gasteiger partial charge in [0, 0.05) is 11.1 Å². The summed E-state index contributed by atoms with van der Waals surface area (Å²) in [5.41, 5.74) is 1.84. The fourth-order valence-corrected chi connectivity index (χ4v) is 2.74. The first-order valence-corrected chi connectivity index (χ1v) is 8.63. The Hall–Kier alpha value is -3.18. The lowest BCUT2D eigenvalue weighted by atomic mass is 10.1. The SMILES string of the molecule is N#Cc1cccc(COc2ccc(Cl)c(Oc3cc(Cl)cc(C#N)c3)c2)c1. The molecule has 0 saturated heterocycles. The number of ether oxygens (including phenoxy) is 2. The molecule has 132 valence electrons. The Labute approximate surface area is 166 Å². The van der Waals surface area contributed by atoms with Gasteiger partial charge in [0.1, 0.15) is 23.9 Å². The molecule has 0 fully saturated rings. The summed E-state index contributed by atoms with van der Waals surface area (Å²) < 4.78 is 11.5. The summed E-state index contributed by atoms with van der Waals surface area (Å²) in [7, 11) is 0. The predicted octanol–water partition coefficient (Wildman–Crippen LogP) is 6.11. The van der Waals surface area contributed by atoms with E-state index in [1.807, 2.05) is 12.1 Å². The van der Waals surface area contributed by atoms with Crippen molar-refractivity contribution in [2.45, 2.75) is 6.61 Å². The van der Waals surface area contributed by atoms with Gasteiger partial charge in [0.25, 0.3) is 0 Å².